The molecule has 0 bridgehead atoms. The Bertz CT molecular complexity index is 842. The number of hydrogen-bond acceptors (Lipinski definition) is 4. The molecule has 4 rings (SSSR count). The Morgan fingerprint density at radius 3 is 2.80 bits per heavy atom. The van der Waals surface area contributed by atoms with E-state index in [-0.39, 0.29) is 18.1 Å². The van der Waals surface area contributed by atoms with Crippen LogP contribution in [0.5, 0.6) is 0 Å². The van der Waals surface area contributed by atoms with Gasteiger partial charge in [-0.3, -0.25) is 9.89 Å². The Morgan fingerprint density at radius 2 is 2.04 bits per heavy atom. The molecule has 25 heavy (non-hydrogen) atoms. The molecule has 0 radical (unpaired) electrons. The fraction of sp³-hybridized carbons (Fsp3) is 0.263. The molecule has 0 unspecified atom stereocenters. The monoisotopic (exact) mass is 337 g/mol. The number of rotatable bonds is 3. The van der Waals surface area contributed by atoms with Crippen molar-refractivity contribution in [2.24, 2.45) is 0 Å². The lowest BCUT2D eigenvalue weighted by Gasteiger charge is -2.36. The van der Waals surface area contributed by atoms with Crippen LogP contribution in [0.1, 0.15) is 29.1 Å². The molecule has 1 fully saturated rings. The molecular formula is C19H19N3O3. The quantitative estimate of drug-likeness (QED) is 0.796. The molecule has 6 heteroatoms. The summed E-state index contributed by atoms with van der Waals surface area (Å²) >= 11 is 0. The molecule has 128 valence electrons. The van der Waals surface area contributed by atoms with Gasteiger partial charge in [0.2, 0.25) is 0 Å². The minimum Gasteiger partial charge on any atom is -0.463 e. The van der Waals surface area contributed by atoms with Gasteiger partial charge >= 0.3 is 0 Å². The molecule has 1 N–H and O–H groups in total. The molecule has 1 aliphatic rings. The van der Waals surface area contributed by atoms with Crippen molar-refractivity contribution in [1.29, 1.82) is 0 Å². The molecular weight excluding hydrogens is 318 g/mol. The zero-order valence-corrected chi connectivity index (χ0v) is 13.9. The average Bonchev–Trinajstić information content (AvgIpc) is 3.32. The number of nitrogens with one attached hydrogen (secondary N) is 1. The van der Waals surface area contributed by atoms with Gasteiger partial charge < -0.3 is 14.1 Å². The molecule has 2 atom stereocenters. The minimum absolute atomic E-state index is 0.0357. The van der Waals surface area contributed by atoms with Crippen molar-refractivity contribution in [1.82, 2.24) is 15.1 Å². The van der Waals surface area contributed by atoms with Crippen molar-refractivity contribution in [3.8, 4) is 11.5 Å². The van der Waals surface area contributed by atoms with Crippen LogP contribution in [-0.2, 0) is 4.74 Å². The number of aromatic nitrogens is 2. The highest BCUT2D eigenvalue weighted by molar-refractivity contribution is 5.93. The van der Waals surface area contributed by atoms with Gasteiger partial charge in [-0.15, -0.1) is 0 Å². The number of aromatic amines is 1. The van der Waals surface area contributed by atoms with Gasteiger partial charge in [0.1, 0.15) is 11.8 Å². The first kappa shape index (κ1) is 15.7. The highest BCUT2D eigenvalue weighted by Gasteiger charge is 2.31. The highest BCUT2D eigenvalue weighted by atomic mass is 16.5. The molecule has 2 aromatic heterocycles. The first-order valence-electron chi connectivity index (χ1n) is 8.29. The summed E-state index contributed by atoms with van der Waals surface area (Å²) < 4.78 is 11.3. The molecule has 1 aromatic carbocycles. The number of furan rings is 1. The zero-order chi connectivity index (χ0) is 17.2. The van der Waals surface area contributed by atoms with E-state index in [2.05, 4.69) is 10.2 Å². The van der Waals surface area contributed by atoms with E-state index in [9.17, 15) is 4.79 Å². The predicted octanol–water partition coefficient (Wildman–Crippen LogP) is 3.27. The maximum atomic E-state index is 12.9. The van der Waals surface area contributed by atoms with Gasteiger partial charge in [0.25, 0.3) is 5.91 Å². The lowest BCUT2D eigenvalue weighted by Crippen LogP contribution is -2.46. The summed E-state index contributed by atoms with van der Waals surface area (Å²) in [7, 11) is 0. The largest absolute Gasteiger partial charge is 0.463 e. The maximum Gasteiger partial charge on any atom is 0.274 e. The van der Waals surface area contributed by atoms with Gasteiger partial charge in [0.05, 0.1) is 18.9 Å². The first-order chi connectivity index (χ1) is 12.2. The van der Waals surface area contributed by atoms with Crippen molar-refractivity contribution >= 4 is 5.91 Å². The molecule has 3 aromatic rings. The third-order valence-corrected chi connectivity index (χ3v) is 4.30. The van der Waals surface area contributed by atoms with Crippen LogP contribution in [0.4, 0.5) is 0 Å². The van der Waals surface area contributed by atoms with Crippen molar-refractivity contribution in [2.45, 2.75) is 19.1 Å². The van der Waals surface area contributed by atoms with Crippen molar-refractivity contribution in [2.75, 3.05) is 13.1 Å². The van der Waals surface area contributed by atoms with E-state index in [1.165, 1.54) is 0 Å². The third kappa shape index (κ3) is 3.21. The van der Waals surface area contributed by atoms with E-state index in [0.29, 0.717) is 30.2 Å². The number of carbonyl (C=O) groups is 1. The van der Waals surface area contributed by atoms with E-state index >= 15 is 0 Å². The summed E-state index contributed by atoms with van der Waals surface area (Å²) in [6.07, 6.45) is 1.43. The number of morpholine rings is 1. The van der Waals surface area contributed by atoms with Crippen LogP contribution >= 0.6 is 0 Å². The second-order valence-electron chi connectivity index (χ2n) is 6.20. The van der Waals surface area contributed by atoms with E-state index < -0.39 is 0 Å². The summed E-state index contributed by atoms with van der Waals surface area (Å²) in [6, 6.07) is 15.3. The fourth-order valence-electron chi connectivity index (χ4n) is 3.12. The van der Waals surface area contributed by atoms with E-state index in [1.54, 1.807) is 23.3 Å². The van der Waals surface area contributed by atoms with Gasteiger partial charge in [0.15, 0.2) is 11.5 Å². The second kappa shape index (κ2) is 6.57. The van der Waals surface area contributed by atoms with Crippen molar-refractivity contribution < 1.29 is 13.9 Å². The molecule has 0 spiro atoms. The smallest absolute Gasteiger partial charge is 0.274 e. The number of benzene rings is 1. The highest BCUT2D eigenvalue weighted by Crippen LogP contribution is 2.26. The van der Waals surface area contributed by atoms with Crippen LogP contribution in [0.3, 0.4) is 0 Å². The lowest BCUT2D eigenvalue weighted by molar-refractivity contribution is -0.0692. The number of carbonyl (C=O) groups excluding carboxylic acids is 1. The predicted molar refractivity (Wildman–Crippen MR) is 91.9 cm³/mol. The summed E-state index contributed by atoms with van der Waals surface area (Å²) in [5.74, 6) is 0.550. The number of H-pyrrole nitrogens is 1. The number of hydrogen-bond donors (Lipinski definition) is 1. The normalized spacial score (nSPS) is 20.6. The third-order valence-electron chi connectivity index (χ3n) is 4.30. The van der Waals surface area contributed by atoms with Crippen LogP contribution in [0.25, 0.3) is 11.5 Å². The van der Waals surface area contributed by atoms with Crippen LogP contribution in [0.15, 0.2) is 59.2 Å². The average molecular weight is 337 g/mol. The summed E-state index contributed by atoms with van der Waals surface area (Å²) in [5.41, 5.74) is 2.15. The summed E-state index contributed by atoms with van der Waals surface area (Å²) in [4.78, 5) is 14.7. The molecule has 1 aliphatic heterocycles. The zero-order valence-electron chi connectivity index (χ0n) is 13.9. The molecule has 1 amide bonds. The van der Waals surface area contributed by atoms with E-state index in [1.807, 2.05) is 43.3 Å². The molecule has 0 saturated carbocycles. The first-order valence-corrected chi connectivity index (χ1v) is 8.29. The Labute approximate surface area is 145 Å². The van der Waals surface area contributed by atoms with Crippen LogP contribution in [-0.4, -0.2) is 40.2 Å². The standard InChI is InChI=1S/C19H19N3O3/c1-13-11-22(12-18(25-13)14-6-3-2-4-7-14)19(23)16-10-15(20-21-16)17-8-5-9-24-17/h2-10,13,18H,11-12H2,1H3,(H,20,21)/t13-,18-/m0/s1. The Hall–Kier alpha value is -2.86. The second-order valence-corrected chi connectivity index (χ2v) is 6.20. The van der Waals surface area contributed by atoms with Crippen LogP contribution in [0, 0.1) is 0 Å². The summed E-state index contributed by atoms with van der Waals surface area (Å²) in [5, 5.41) is 7.01. The molecule has 0 aliphatic carbocycles. The number of ether oxygens (including phenoxy) is 1. The topological polar surface area (TPSA) is 71.4 Å². The van der Waals surface area contributed by atoms with Crippen LogP contribution < -0.4 is 0 Å². The van der Waals surface area contributed by atoms with Gasteiger partial charge in [-0.2, -0.15) is 5.10 Å². The van der Waals surface area contributed by atoms with Crippen molar-refractivity contribution in [3.63, 3.8) is 0 Å². The number of nitrogens with zero attached hydrogens (tertiary/aromatic N) is 2. The molecule has 1 saturated heterocycles. The summed E-state index contributed by atoms with van der Waals surface area (Å²) in [6.45, 7) is 3.04. The Morgan fingerprint density at radius 1 is 1.20 bits per heavy atom. The van der Waals surface area contributed by atoms with Gasteiger partial charge in [-0.1, -0.05) is 30.3 Å². The van der Waals surface area contributed by atoms with Gasteiger partial charge in [-0.25, -0.2) is 0 Å². The SMILES string of the molecule is C[C@H]1CN(C(=O)c2cc(-c3ccco3)[nH]n2)C[C@@H](c2ccccc2)O1. The van der Waals surface area contributed by atoms with E-state index in [4.69, 9.17) is 9.15 Å². The Balaban J connectivity index is 1.53. The van der Waals surface area contributed by atoms with Crippen molar-refractivity contribution in [3.05, 3.63) is 66.1 Å². The minimum atomic E-state index is -0.127. The van der Waals surface area contributed by atoms with Gasteiger partial charge in [0, 0.05) is 12.6 Å². The lowest BCUT2D eigenvalue weighted by atomic mass is 10.1. The molecule has 3 heterocycles. The molecule has 6 nitrogen and oxygen atoms in total. The Kier molecular flexibility index (Phi) is 4.11. The number of amides is 1. The van der Waals surface area contributed by atoms with Gasteiger partial charge in [-0.05, 0) is 24.6 Å². The van der Waals surface area contributed by atoms with Crippen LogP contribution in [0.2, 0.25) is 0 Å². The van der Waals surface area contributed by atoms with E-state index in [0.717, 1.165) is 5.56 Å². The fourth-order valence-corrected chi connectivity index (χ4v) is 3.12. The maximum absolute atomic E-state index is 12.9.